The fraction of sp³-hybridized carbons (Fsp3) is 0.235. The first-order chi connectivity index (χ1) is 11.1. The van der Waals surface area contributed by atoms with Crippen molar-refractivity contribution in [1.29, 1.82) is 0 Å². The summed E-state index contributed by atoms with van der Waals surface area (Å²) in [5.74, 6) is 1.63. The number of ether oxygens (including phenoxy) is 2. The Labute approximate surface area is 141 Å². The number of nitrogens with one attached hydrogen (secondary N) is 1. The smallest absolute Gasteiger partial charge is 0.193 e. The second kappa shape index (κ2) is 8.29. The molecule has 0 radical (unpaired) electrons. The zero-order valence-electron chi connectivity index (χ0n) is 13.1. The van der Waals surface area contributed by atoms with Gasteiger partial charge in [0.05, 0.1) is 24.4 Å². The maximum atomic E-state index is 6.06. The Bertz CT molecular complexity index is 676. The van der Waals surface area contributed by atoms with Gasteiger partial charge in [0.25, 0.3) is 0 Å². The van der Waals surface area contributed by atoms with Crippen molar-refractivity contribution in [3.63, 3.8) is 0 Å². The summed E-state index contributed by atoms with van der Waals surface area (Å²) >= 11 is 6.06. The third-order valence-electron chi connectivity index (χ3n) is 3.05. The molecule has 1 atom stereocenters. The van der Waals surface area contributed by atoms with Crippen LogP contribution >= 0.6 is 11.6 Å². The van der Waals surface area contributed by atoms with Gasteiger partial charge in [0.2, 0.25) is 0 Å². The van der Waals surface area contributed by atoms with Crippen molar-refractivity contribution in [1.82, 2.24) is 0 Å². The van der Waals surface area contributed by atoms with E-state index in [1.807, 2.05) is 49.4 Å². The number of nitrogens with two attached hydrogens (primary N) is 1. The van der Waals surface area contributed by atoms with E-state index in [2.05, 4.69) is 10.3 Å². The molecule has 0 saturated carbocycles. The van der Waals surface area contributed by atoms with Crippen LogP contribution in [-0.2, 0) is 0 Å². The van der Waals surface area contributed by atoms with Gasteiger partial charge in [-0.1, -0.05) is 35.9 Å². The van der Waals surface area contributed by atoms with Crippen molar-refractivity contribution in [3.05, 3.63) is 53.6 Å². The molecular formula is C17H20ClN3O2. The number of para-hydroxylation sites is 3. The van der Waals surface area contributed by atoms with Gasteiger partial charge in [0.15, 0.2) is 5.96 Å². The Balaban J connectivity index is 1.92. The lowest BCUT2D eigenvalue weighted by Crippen LogP contribution is -2.26. The second-order valence-corrected chi connectivity index (χ2v) is 5.32. The highest BCUT2D eigenvalue weighted by Gasteiger charge is 2.07. The molecule has 0 aliphatic carbocycles. The summed E-state index contributed by atoms with van der Waals surface area (Å²) in [5, 5.41) is 3.59. The zero-order chi connectivity index (χ0) is 16.7. The van der Waals surface area contributed by atoms with Gasteiger partial charge >= 0.3 is 0 Å². The van der Waals surface area contributed by atoms with Gasteiger partial charge in [0, 0.05) is 0 Å². The van der Waals surface area contributed by atoms with Gasteiger partial charge < -0.3 is 20.5 Å². The highest BCUT2D eigenvalue weighted by atomic mass is 35.5. The molecule has 3 N–H and O–H groups in total. The second-order valence-electron chi connectivity index (χ2n) is 4.91. The largest absolute Gasteiger partial charge is 0.495 e. The predicted molar refractivity (Wildman–Crippen MR) is 94.6 cm³/mol. The first-order valence-corrected chi connectivity index (χ1v) is 7.59. The number of anilines is 1. The highest BCUT2D eigenvalue weighted by Crippen LogP contribution is 2.24. The third kappa shape index (κ3) is 5.07. The number of methoxy groups -OCH3 is 1. The van der Waals surface area contributed by atoms with Crippen LogP contribution in [0.4, 0.5) is 5.69 Å². The summed E-state index contributed by atoms with van der Waals surface area (Å²) in [5.41, 5.74) is 6.66. The normalized spacial score (nSPS) is 12.6. The van der Waals surface area contributed by atoms with E-state index in [4.69, 9.17) is 26.8 Å². The summed E-state index contributed by atoms with van der Waals surface area (Å²) in [7, 11) is 1.60. The van der Waals surface area contributed by atoms with Gasteiger partial charge in [0.1, 0.15) is 17.6 Å². The molecule has 2 rings (SSSR count). The monoisotopic (exact) mass is 333 g/mol. The summed E-state index contributed by atoms with van der Waals surface area (Å²) in [6.07, 6.45) is -0.159. The quantitative estimate of drug-likeness (QED) is 0.626. The molecule has 122 valence electrons. The van der Waals surface area contributed by atoms with Crippen LogP contribution in [0.15, 0.2) is 53.5 Å². The lowest BCUT2D eigenvalue weighted by molar-refractivity contribution is 0.230. The van der Waals surface area contributed by atoms with Crippen molar-refractivity contribution < 1.29 is 9.47 Å². The molecule has 2 aromatic carbocycles. The fourth-order valence-electron chi connectivity index (χ4n) is 1.95. The zero-order valence-corrected chi connectivity index (χ0v) is 13.9. The Hall–Kier alpha value is -2.40. The van der Waals surface area contributed by atoms with E-state index in [9.17, 15) is 0 Å². The Morgan fingerprint density at radius 1 is 1.17 bits per heavy atom. The first kappa shape index (κ1) is 17.0. The summed E-state index contributed by atoms with van der Waals surface area (Å²) in [6, 6.07) is 14.8. The van der Waals surface area contributed by atoms with E-state index in [1.54, 1.807) is 13.2 Å². The number of rotatable bonds is 6. The average Bonchev–Trinajstić information content (AvgIpc) is 2.55. The van der Waals surface area contributed by atoms with E-state index in [0.29, 0.717) is 29.0 Å². The molecular weight excluding hydrogens is 314 g/mol. The average molecular weight is 334 g/mol. The van der Waals surface area contributed by atoms with E-state index < -0.39 is 0 Å². The molecule has 1 unspecified atom stereocenters. The van der Waals surface area contributed by atoms with Crippen LogP contribution in [0, 0.1) is 0 Å². The molecule has 0 bridgehead atoms. The number of benzene rings is 2. The Morgan fingerprint density at radius 2 is 1.83 bits per heavy atom. The summed E-state index contributed by atoms with van der Waals surface area (Å²) in [6.45, 7) is 2.31. The SMILES string of the molecule is COc1ccccc1NC(N)=NCC(C)Oc1ccccc1Cl. The summed E-state index contributed by atoms with van der Waals surface area (Å²) < 4.78 is 11.0. The van der Waals surface area contributed by atoms with Gasteiger partial charge in [-0.05, 0) is 31.2 Å². The molecule has 0 saturated heterocycles. The lowest BCUT2D eigenvalue weighted by Gasteiger charge is -2.14. The van der Waals surface area contributed by atoms with Crippen LogP contribution in [0.5, 0.6) is 11.5 Å². The third-order valence-corrected chi connectivity index (χ3v) is 3.37. The minimum atomic E-state index is -0.159. The fourth-order valence-corrected chi connectivity index (χ4v) is 2.13. The molecule has 23 heavy (non-hydrogen) atoms. The number of aliphatic imine (C=N–C) groups is 1. The standard InChI is InChI=1S/C17H20ClN3O2/c1-12(23-15-9-5-3-7-13(15)18)11-20-17(19)21-14-8-4-6-10-16(14)22-2/h3-10,12H,11H2,1-2H3,(H3,19,20,21). The van der Waals surface area contributed by atoms with Crippen LogP contribution in [0.25, 0.3) is 0 Å². The topological polar surface area (TPSA) is 68.9 Å². The molecule has 5 nitrogen and oxygen atoms in total. The van der Waals surface area contributed by atoms with Crippen LogP contribution in [0.1, 0.15) is 6.92 Å². The predicted octanol–water partition coefficient (Wildman–Crippen LogP) is 3.54. The Kier molecular flexibility index (Phi) is 6.11. The molecule has 0 fully saturated rings. The van der Waals surface area contributed by atoms with E-state index in [1.165, 1.54) is 0 Å². The molecule has 0 aliphatic rings. The van der Waals surface area contributed by atoms with Gasteiger partial charge in [-0.3, -0.25) is 0 Å². The molecule has 0 aromatic heterocycles. The van der Waals surface area contributed by atoms with Crippen LogP contribution in [-0.4, -0.2) is 25.7 Å². The molecule has 2 aromatic rings. The number of hydrogen-bond acceptors (Lipinski definition) is 3. The lowest BCUT2D eigenvalue weighted by atomic mass is 10.3. The Morgan fingerprint density at radius 3 is 2.52 bits per heavy atom. The van der Waals surface area contributed by atoms with Crippen LogP contribution < -0.4 is 20.5 Å². The van der Waals surface area contributed by atoms with Crippen LogP contribution in [0.3, 0.4) is 0 Å². The maximum absolute atomic E-state index is 6.06. The van der Waals surface area contributed by atoms with Crippen molar-refractivity contribution in [2.75, 3.05) is 19.0 Å². The van der Waals surface area contributed by atoms with Crippen molar-refractivity contribution in [2.24, 2.45) is 10.7 Å². The van der Waals surface area contributed by atoms with E-state index in [-0.39, 0.29) is 6.10 Å². The number of guanidine groups is 1. The minimum Gasteiger partial charge on any atom is -0.495 e. The maximum Gasteiger partial charge on any atom is 0.193 e. The van der Waals surface area contributed by atoms with Gasteiger partial charge in [-0.2, -0.15) is 0 Å². The molecule has 6 heteroatoms. The van der Waals surface area contributed by atoms with Gasteiger partial charge in [-0.15, -0.1) is 0 Å². The molecule has 0 heterocycles. The van der Waals surface area contributed by atoms with Gasteiger partial charge in [-0.25, -0.2) is 4.99 Å². The van der Waals surface area contributed by atoms with E-state index >= 15 is 0 Å². The van der Waals surface area contributed by atoms with Crippen molar-refractivity contribution in [2.45, 2.75) is 13.0 Å². The number of nitrogens with zero attached hydrogens (tertiary/aromatic N) is 1. The van der Waals surface area contributed by atoms with Crippen molar-refractivity contribution in [3.8, 4) is 11.5 Å². The molecule has 0 spiro atoms. The van der Waals surface area contributed by atoms with E-state index in [0.717, 1.165) is 5.69 Å². The van der Waals surface area contributed by atoms with Crippen LogP contribution in [0.2, 0.25) is 5.02 Å². The summed E-state index contributed by atoms with van der Waals surface area (Å²) in [4.78, 5) is 4.28. The minimum absolute atomic E-state index is 0.159. The van der Waals surface area contributed by atoms with Crippen molar-refractivity contribution >= 4 is 23.2 Å². The number of hydrogen-bond donors (Lipinski definition) is 2. The highest BCUT2D eigenvalue weighted by molar-refractivity contribution is 6.32. The number of halogens is 1. The first-order valence-electron chi connectivity index (χ1n) is 7.21. The molecule has 0 amide bonds. The molecule has 0 aliphatic heterocycles.